The standard InChI is InChI=1S/C19H18ClN4O6PS/c20-17-10-32-19(22-17)29-14-5-3-12(4-6-14)8-13-9-16(30-23-13)15-2-1-7-24(18(15)21)11-28-31(25,26)27/h1-7,9-10,18H,8,11,21H2,(H2,25,26,27). The van der Waals surface area contributed by atoms with Crippen molar-refractivity contribution in [2.45, 2.75) is 12.6 Å². The van der Waals surface area contributed by atoms with Gasteiger partial charge in [-0.1, -0.05) is 46.3 Å². The Bertz CT molecular complexity index is 1190. The number of phosphoric acid groups is 1. The van der Waals surface area contributed by atoms with Gasteiger partial charge in [0, 0.05) is 29.6 Å². The second-order valence-electron chi connectivity index (χ2n) is 6.71. The van der Waals surface area contributed by atoms with Crippen molar-refractivity contribution in [2.24, 2.45) is 5.73 Å². The summed E-state index contributed by atoms with van der Waals surface area (Å²) in [6, 6.07) is 9.25. The fourth-order valence-corrected chi connectivity index (χ4v) is 4.01. The predicted molar refractivity (Wildman–Crippen MR) is 118 cm³/mol. The summed E-state index contributed by atoms with van der Waals surface area (Å²) in [6.07, 6.45) is 4.81. The highest BCUT2D eigenvalue weighted by atomic mass is 35.5. The number of rotatable bonds is 8. The van der Waals surface area contributed by atoms with Crippen LogP contribution in [0.15, 0.2) is 58.6 Å². The van der Waals surface area contributed by atoms with Crippen molar-refractivity contribution >= 4 is 36.3 Å². The van der Waals surface area contributed by atoms with Crippen LogP contribution in [0.5, 0.6) is 10.9 Å². The SMILES string of the molecule is NC1C(c2cc(Cc3ccc(Oc4nc(Cl)cs4)cc3)no2)=CC=CN1COP(=O)(O)O. The first-order chi connectivity index (χ1) is 15.3. The van der Waals surface area contributed by atoms with Gasteiger partial charge in [0.05, 0.1) is 5.69 Å². The first kappa shape index (κ1) is 22.7. The molecule has 1 aliphatic heterocycles. The topological polar surface area (TPSA) is 144 Å². The number of allylic oxidation sites excluding steroid dienone is 2. The third-order valence-corrected chi connectivity index (χ3v) is 5.91. The van der Waals surface area contributed by atoms with Gasteiger partial charge in [0.25, 0.3) is 5.19 Å². The van der Waals surface area contributed by atoms with E-state index in [1.165, 1.54) is 16.2 Å². The van der Waals surface area contributed by atoms with Crippen LogP contribution in [0.25, 0.3) is 5.57 Å². The summed E-state index contributed by atoms with van der Waals surface area (Å²) in [5, 5.41) is 6.66. The van der Waals surface area contributed by atoms with Gasteiger partial charge in [-0.05, 0) is 23.8 Å². The van der Waals surface area contributed by atoms with Crippen molar-refractivity contribution in [3.63, 3.8) is 0 Å². The van der Waals surface area contributed by atoms with Crippen molar-refractivity contribution in [2.75, 3.05) is 6.73 Å². The fraction of sp³-hybridized carbons (Fsp3) is 0.158. The van der Waals surface area contributed by atoms with Crippen molar-refractivity contribution in [1.82, 2.24) is 15.0 Å². The number of ether oxygens (including phenoxy) is 1. The van der Waals surface area contributed by atoms with E-state index in [4.69, 9.17) is 36.4 Å². The van der Waals surface area contributed by atoms with E-state index in [0.717, 1.165) is 5.56 Å². The molecule has 32 heavy (non-hydrogen) atoms. The molecule has 0 fully saturated rings. The van der Waals surface area contributed by atoms with E-state index in [9.17, 15) is 4.57 Å². The van der Waals surface area contributed by atoms with Crippen LogP contribution in [0.3, 0.4) is 0 Å². The highest BCUT2D eigenvalue weighted by Gasteiger charge is 2.25. The molecule has 1 aromatic carbocycles. The van der Waals surface area contributed by atoms with Crippen molar-refractivity contribution in [3.05, 3.63) is 76.2 Å². The monoisotopic (exact) mass is 496 g/mol. The maximum atomic E-state index is 10.9. The molecular formula is C19H18ClN4O6PS. The lowest BCUT2D eigenvalue weighted by Gasteiger charge is -2.30. The number of nitrogens with two attached hydrogens (primary N) is 1. The lowest BCUT2D eigenvalue weighted by atomic mass is 10.1. The zero-order valence-corrected chi connectivity index (χ0v) is 18.8. The van der Waals surface area contributed by atoms with Gasteiger partial charge < -0.3 is 29.7 Å². The van der Waals surface area contributed by atoms with Gasteiger partial charge in [-0.2, -0.15) is 4.98 Å². The van der Waals surface area contributed by atoms with E-state index in [-0.39, 0.29) is 6.73 Å². The Morgan fingerprint density at radius 1 is 1.31 bits per heavy atom. The second-order valence-corrected chi connectivity index (χ2v) is 9.16. The molecule has 3 heterocycles. The summed E-state index contributed by atoms with van der Waals surface area (Å²) in [7, 11) is -4.61. The predicted octanol–water partition coefficient (Wildman–Crippen LogP) is 3.73. The summed E-state index contributed by atoms with van der Waals surface area (Å²) in [4.78, 5) is 23.3. The Morgan fingerprint density at radius 2 is 2.09 bits per heavy atom. The molecule has 0 saturated carbocycles. The molecule has 2 aromatic heterocycles. The summed E-state index contributed by atoms with van der Waals surface area (Å²) >= 11 is 7.11. The van der Waals surface area contributed by atoms with E-state index in [1.54, 1.807) is 29.8 Å². The molecule has 1 unspecified atom stereocenters. The van der Waals surface area contributed by atoms with E-state index in [0.29, 0.717) is 39.5 Å². The minimum absolute atomic E-state index is 0.373. The van der Waals surface area contributed by atoms with Gasteiger partial charge in [0.1, 0.15) is 23.8 Å². The van der Waals surface area contributed by atoms with Gasteiger partial charge in [-0.25, -0.2) is 4.57 Å². The Kier molecular flexibility index (Phi) is 6.77. The molecule has 1 aliphatic rings. The molecule has 3 aromatic rings. The van der Waals surface area contributed by atoms with Crippen LogP contribution in [0.1, 0.15) is 17.0 Å². The molecule has 0 radical (unpaired) electrons. The molecule has 4 rings (SSSR count). The Labute approximate surface area is 191 Å². The van der Waals surface area contributed by atoms with Crippen LogP contribution in [0.2, 0.25) is 5.15 Å². The lowest BCUT2D eigenvalue weighted by Crippen LogP contribution is -2.41. The molecule has 1 atom stereocenters. The number of thiazole rings is 1. The maximum Gasteiger partial charge on any atom is 0.471 e. The molecule has 0 aliphatic carbocycles. The van der Waals surface area contributed by atoms with E-state index in [2.05, 4.69) is 14.7 Å². The molecular weight excluding hydrogens is 479 g/mol. The van der Waals surface area contributed by atoms with Gasteiger partial charge in [-0.3, -0.25) is 4.52 Å². The fourth-order valence-electron chi connectivity index (χ4n) is 2.92. The molecule has 4 N–H and O–H groups in total. The molecule has 10 nitrogen and oxygen atoms in total. The van der Waals surface area contributed by atoms with Gasteiger partial charge >= 0.3 is 7.82 Å². The van der Waals surface area contributed by atoms with Crippen molar-refractivity contribution < 1.29 is 28.1 Å². The number of nitrogens with zero attached hydrogens (tertiary/aromatic N) is 3. The van der Waals surface area contributed by atoms with Crippen LogP contribution < -0.4 is 10.5 Å². The number of aromatic nitrogens is 2. The second kappa shape index (κ2) is 9.55. The van der Waals surface area contributed by atoms with Crippen LogP contribution in [0.4, 0.5) is 0 Å². The van der Waals surface area contributed by atoms with Crippen molar-refractivity contribution in [3.8, 4) is 10.9 Å². The maximum absolute atomic E-state index is 10.9. The highest BCUT2D eigenvalue weighted by Crippen LogP contribution is 2.36. The van der Waals surface area contributed by atoms with Crippen molar-refractivity contribution in [1.29, 1.82) is 0 Å². The quantitative estimate of drug-likeness (QED) is 0.394. The largest absolute Gasteiger partial charge is 0.471 e. The molecule has 0 saturated heterocycles. The molecule has 0 bridgehead atoms. The molecule has 168 valence electrons. The Hall–Kier alpha value is -2.50. The third-order valence-electron chi connectivity index (χ3n) is 4.42. The normalized spacial score (nSPS) is 16.3. The third kappa shape index (κ3) is 5.84. The Morgan fingerprint density at radius 3 is 2.78 bits per heavy atom. The summed E-state index contributed by atoms with van der Waals surface area (Å²) in [6.45, 7) is -0.373. The van der Waals surface area contributed by atoms with Gasteiger partial charge in [-0.15, -0.1) is 0 Å². The summed E-state index contributed by atoms with van der Waals surface area (Å²) < 4.78 is 26.6. The van der Waals surface area contributed by atoms with Crippen LogP contribution >= 0.6 is 30.8 Å². The Balaban J connectivity index is 1.39. The first-order valence-corrected chi connectivity index (χ1v) is 12.0. The number of halogens is 1. The number of benzene rings is 1. The minimum Gasteiger partial charge on any atom is -0.431 e. The highest BCUT2D eigenvalue weighted by molar-refractivity contribution is 7.46. The first-order valence-electron chi connectivity index (χ1n) is 9.20. The van der Waals surface area contributed by atoms with E-state index >= 15 is 0 Å². The zero-order valence-electron chi connectivity index (χ0n) is 16.4. The molecule has 13 heteroatoms. The van der Waals surface area contributed by atoms with Crippen LogP contribution in [-0.4, -0.2) is 37.7 Å². The average molecular weight is 497 g/mol. The summed E-state index contributed by atoms with van der Waals surface area (Å²) in [5.74, 6) is 1.10. The van der Waals surface area contributed by atoms with E-state index in [1.807, 2.05) is 24.3 Å². The lowest BCUT2D eigenvalue weighted by molar-refractivity contribution is 0.110. The average Bonchev–Trinajstić information content (AvgIpc) is 3.37. The molecule has 0 spiro atoms. The summed E-state index contributed by atoms with van der Waals surface area (Å²) in [5.41, 5.74) is 8.48. The minimum atomic E-state index is -4.61. The van der Waals surface area contributed by atoms with Gasteiger partial charge in [0.2, 0.25) is 0 Å². The number of hydrogen-bond donors (Lipinski definition) is 3. The van der Waals surface area contributed by atoms with Gasteiger partial charge in [0.15, 0.2) is 5.76 Å². The number of phosphoric ester groups is 1. The number of hydrogen-bond acceptors (Lipinski definition) is 9. The van der Waals surface area contributed by atoms with Crippen LogP contribution in [0, 0.1) is 0 Å². The zero-order chi connectivity index (χ0) is 22.7. The smallest absolute Gasteiger partial charge is 0.431 e. The molecule has 0 amide bonds. The van der Waals surface area contributed by atoms with E-state index < -0.39 is 14.0 Å². The van der Waals surface area contributed by atoms with Crippen LogP contribution in [-0.2, 0) is 15.5 Å².